The third-order valence-electron chi connectivity index (χ3n) is 3.17. The summed E-state index contributed by atoms with van der Waals surface area (Å²) in [6, 6.07) is 2.27. The summed E-state index contributed by atoms with van der Waals surface area (Å²) >= 11 is 0. The van der Waals surface area contributed by atoms with E-state index >= 15 is 0 Å². The Morgan fingerprint density at radius 1 is 1.39 bits per heavy atom. The topological polar surface area (TPSA) is 85.1 Å². The molecule has 6 heteroatoms. The normalized spacial score (nSPS) is 22.4. The number of anilines is 2. The number of hydrazine groups is 1. The minimum atomic E-state index is 0.381. The number of nitrogens with one attached hydrogen (secondary N) is 2. The monoisotopic (exact) mass is 251 g/mol. The van der Waals surface area contributed by atoms with Gasteiger partial charge in [0, 0.05) is 25.6 Å². The van der Waals surface area contributed by atoms with E-state index in [1.54, 1.807) is 7.11 Å². The third-order valence-corrected chi connectivity index (χ3v) is 3.17. The van der Waals surface area contributed by atoms with Crippen molar-refractivity contribution in [2.24, 2.45) is 5.84 Å². The van der Waals surface area contributed by atoms with Gasteiger partial charge in [-0.05, 0) is 19.3 Å². The summed E-state index contributed by atoms with van der Waals surface area (Å²) in [5.41, 5.74) is 2.58. The Bertz CT molecular complexity index is 392. The van der Waals surface area contributed by atoms with Gasteiger partial charge in [0.05, 0.1) is 6.10 Å². The molecule has 1 aliphatic carbocycles. The molecule has 0 unspecified atom stereocenters. The molecule has 1 fully saturated rings. The Kier molecular flexibility index (Phi) is 4.33. The summed E-state index contributed by atoms with van der Waals surface area (Å²) in [5.74, 6) is 7.72. The molecule has 1 aromatic heterocycles. The van der Waals surface area contributed by atoms with E-state index in [0.717, 1.165) is 37.3 Å². The fraction of sp³-hybridized carbons (Fsp3) is 0.667. The van der Waals surface area contributed by atoms with Gasteiger partial charge in [-0.2, -0.15) is 0 Å². The number of nitrogens with zero attached hydrogens (tertiary/aromatic N) is 2. The van der Waals surface area contributed by atoms with Gasteiger partial charge in [-0.15, -0.1) is 0 Å². The first-order chi connectivity index (χ1) is 8.75. The minimum absolute atomic E-state index is 0.381. The SMILES string of the molecule is CCCc1nc(NN)cc(NC2CC(OC)C2)n1. The van der Waals surface area contributed by atoms with Gasteiger partial charge in [0.25, 0.3) is 0 Å². The second kappa shape index (κ2) is 5.97. The molecule has 1 saturated carbocycles. The average Bonchev–Trinajstić information content (AvgIpc) is 2.33. The quantitative estimate of drug-likeness (QED) is 0.522. The lowest BCUT2D eigenvalue weighted by Crippen LogP contribution is -2.40. The fourth-order valence-corrected chi connectivity index (χ4v) is 2.07. The maximum Gasteiger partial charge on any atom is 0.145 e. The Hall–Kier alpha value is -1.40. The third kappa shape index (κ3) is 3.08. The van der Waals surface area contributed by atoms with Gasteiger partial charge in [0.2, 0.25) is 0 Å². The number of aromatic nitrogens is 2. The van der Waals surface area contributed by atoms with E-state index in [1.165, 1.54) is 0 Å². The second-order valence-corrected chi connectivity index (χ2v) is 4.62. The fourth-order valence-electron chi connectivity index (χ4n) is 2.07. The zero-order valence-electron chi connectivity index (χ0n) is 10.9. The Morgan fingerprint density at radius 2 is 2.11 bits per heavy atom. The van der Waals surface area contributed by atoms with Crippen LogP contribution in [-0.2, 0) is 11.2 Å². The molecule has 1 aromatic rings. The number of hydrogen-bond donors (Lipinski definition) is 3. The molecule has 100 valence electrons. The van der Waals surface area contributed by atoms with E-state index in [-0.39, 0.29) is 0 Å². The Balaban J connectivity index is 2.00. The summed E-state index contributed by atoms with van der Waals surface area (Å²) < 4.78 is 5.26. The highest BCUT2D eigenvalue weighted by molar-refractivity contribution is 5.47. The van der Waals surface area contributed by atoms with E-state index in [0.29, 0.717) is 18.0 Å². The lowest BCUT2D eigenvalue weighted by molar-refractivity contribution is 0.0328. The molecule has 1 heterocycles. The van der Waals surface area contributed by atoms with E-state index < -0.39 is 0 Å². The molecule has 4 N–H and O–H groups in total. The van der Waals surface area contributed by atoms with Crippen molar-refractivity contribution in [3.05, 3.63) is 11.9 Å². The molecule has 2 rings (SSSR count). The van der Waals surface area contributed by atoms with Gasteiger partial charge in [-0.3, -0.25) is 0 Å². The first-order valence-electron chi connectivity index (χ1n) is 6.39. The second-order valence-electron chi connectivity index (χ2n) is 4.62. The van der Waals surface area contributed by atoms with E-state index in [1.807, 2.05) is 6.07 Å². The number of aryl methyl sites for hydroxylation is 1. The Labute approximate surface area is 107 Å². The van der Waals surface area contributed by atoms with Crippen LogP contribution in [0.25, 0.3) is 0 Å². The van der Waals surface area contributed by atoms with Gasteiger partial charge < -0.3 is 15.5 Å². The lowest BCUT2D eigenvalue weighted by Gasteiger charge is -2.35. The molecule has 0 bridgehead atoms. The molecule has 0 saturated heterocycles. The van der Waals surface area contributed by atoms with Gasteiger partial charge in [0.15, 0.2) is 0 Å². The van der Waals surface area contributed by atoms with Crippen LogP contribution < -0.4 is 16.6 Å². The maximum atomic E-state index is 5.42. The molecular weight excluding hydrogens is 230 g/mol. The van der Waals surface area contributed by atoms with Crippen molar-refractivity contribution in [1.29, 1.82) is 0 Å². The van der Waals surface area contributed by atoms with Crippen LogP contribution in [0.4, 0.5) is 11.6 Å². The predicted octanol–water partition coefficient (Wildman–Crippen LogP) is 1.30. The highest BCUT2D eigenvalue weighted by atomic mass is 16.5. The zero-order chi connectivity index (χ0) is 13.0. The van der Waals surface area contributed by atoms with Crippen molar-refractivity contribution in [1.82, 2.24) is 9.97 Å². The predicted molar refractivity (Wildman–Crippen MR) is 71.3 cm³/mol. The summed E-state index contributed by atoms with van der Waals surface area (Å²) in [7, 11) is 1.75. The lowest BCUT2D eigenvalue weighted by atomic mass is 9.89. The van der Waals surface area contributed by atoms with E-state index in [2.05, 4.69) is 27.6 Å². The van der Waals surface area contributed by atoms with E-state index in [4.69, 9.17) is 10.6 Å². The van der Waals surface area contributed by atoms with Crippen LogP contribution in [0.2, 0.25) is 0 Å². The molecule has 1 aliphatic rings. The van der Waals surface area contributed by atoms with Crippen LogP contribution in [0, 0.1) is 0 Å². The highest BCUT2D eigenvalue weighted by Crippen LogP contribution is 2.26. The van der Waals surface area contributed by atoms with Gasteiger partial charge >= 0.3 is 0 Å². The van der Waals surface area contributed by atoms with Crippen LogP contribution in [0.3, 0.4) is 0 Å². The van der Waals surface area contributed by atoms with Crippen LogP contribution >= 0.6 is 0 Å². The number of hydrogen-bond acceptors (Lipinski definition) is 6. The number of nitrogen functional groups attached to an aromatic ring is 1. The molecule has 0 aromatic carbocycles. The maximum absolute atomic E-state index is 5.42. The van der Waals surface area contributed by atoms with Crippen molar-refractivity contribution in [3.8, 4) is 0 Å². The summed E-state index contributed by atoms with van der Waals surface area (Å²) in [6.45, 7) is 2.11. The molecule has 0 spiro atoms. The van der Waals surface area contributed by atoms with Crippen molar-refractivity contribution in [3.63, 3.8) is 0 Å². The molecule has 6 nitrogen and oxygen atoms in total. The summed E-state index contributed by atoms with van der Waals surface area (Å²) in [6.07, 6.45) is 4.30. The highest BCUT2D eigenvalue weighted by Gasteiger charge is 2.29. The van der Waals surface area contributed by atoms with Crippen LogP contribution in [-0.4, -0.2) is 29.2 Å². The smallest absolute Gasteiger partial charge is 0.145 e. The molecule has 0 amide bonds. The van der Waals surface area contributed by atoms with Crippen LogP contribution in [0.5, 0.6) is 0 Å². The molecule has 0 atom stereocenters. The van der Waals surface area contributed by atoms with Gasteiger partial charge in [-0.1, -0.05) is 6.92 Å². The number of nitrogens with two attached hydrogens (primary N) is 1. The minimum Gasteiger partial charge on any atom is -0.381 e. The van der Waals surface area contributed by atoms with Crippen molar-refractivity contribution < 1.29 is 4.74 Å². The Morgan fingerprint density at radius 3 is 2.72 bits per heavy atom. The van der Waals surface area contributed by atoms with Crippen molar-refractivity contribution in [2.45, 2.75) is 44.8 Å². The van der Waals surface area contributed by atoms with Crippen molar-refractivity contribution in [2.75, 3.05) is 17.9 Å². The average molecular weight is 251 g/mol. The molecule has 0 aliphatic heterocycles. The summed E-state index contributed by atoms with van der Waals surface area (Å²) in [4.78, 5) is 8.80. The van der Waals surface area contributed by atoms with Crippen LogP contribution in [0.1, 0.15) is 32.0 Å². The zero-order valence-corrected chi connectivity index (χ0v) is 10.9. The standard InChI is InChI=1S/C12H21N5O/c1-3-4-10-15-11(7-12(16-10)17-13)14-8-5-9(6-8)18-2/h7-9H,3-6,13H2,1-2H3,(H2,14,15,16,17). The number of ether oxygens (including phenoxy) is 1. The largest absolute Gasteiger partial charge is 0.381 e. The number of methoxy groups -OCH3 is 1. The number of rotatable bonds is 6. The molecule has 0 radical (unpaired) electrons. The van der Waals surface area contributed by atoms with Gasteiger partial charge in [0.1, 0.15) is 17.5 Å². The first-order valence-corrected chi connectivity index (χ1v) is 6.39. The van der Waals surface area contributed by atoms with E-state index in [9.17, 15) is 0 Å². The van der Waals surface area contributed by atoms with Gasteiger partial charge in [-0.25, -0.2) is 15.8 Å². The first kappa shape index (κ1) is 13.0. The van der Waals surface area contributed by atoms with Crippen molar-refractivity contribution >= 4 is 11.6 Å². The summed E-state index contributed by atoms with van der Waals surface area (Å²) in [5, 5.41) is 3.39. The molecular formula is C12H21N5O. The van der Waals surface area contributed by atoms with Crippen LogP contribution in [0.15, 0.2) is 6.07 Å². The molecule has 18 heavy (non-hydrogen) atoms.